The van der Waals surface area contributed by atoms with E-state index >= 15 is 0 Å². The number of anilines is 1. The number of amides is 1. The molecule has 0 aromatic carbocycles. The molecule has 6 nitrogen and oxygen atoms in total. The van der Waals surface area contributed by atoms with Crippen molar-refractivity contribution in [2.45, 2.75) is 39.7 Å². The van der Waals surface area contributed by atoms with Crippen molar-refractivity contribution in [3.63, 3.8) is 0 Å². The molecule has 0 radical (unpaired) electrons. The van der Waals surface area contributed by atoms with E-state index in [1.807, 2.05) is 6.92 Å². The van der Waals surface area contributed by atoms with Gasteiger partial charge in [-0.25, -0.2) is 10.8 Å². The largest absolute Gasteiger partial charge is 0.348 e. The molecule has 1 aromatic rings. The third kappa shape index (κ3) is 3.66. The summed E-state index contributed by atoms with van der Waals surface area (Å²) in [4.78, 5) is 19.9. The number of nitrogens with two attached hydrogens (primary N) is 1. The van der Waals surface area contributed by atoms with Crippen LogP contribution < -0.4 is 16.6 Å². The van der Waals surface area contributed by atoms with E-state index < -0.39 is 0 Å². The standard InChI is InChI=1S/C12H21N5O/c1-4-9(5-2)8(3)15-12(18)10-6-14-7-11(16-10)17-13/h6-9H,4-5,13H2,1-3H3,(H,15,18)(H,16,17). The molecule has 0 saturated heterocycles. The summed E-state index contributed by atoms with van der Waals surface area (Å²) < 4.78 is 0. The van der Waals surface area contributed by atoms with Gasteiger partial charge in [-0.3, -0.25) is 9.78 Å². The van der Waals surface area contributed by atoms with E-state index in [1.165, 1.54) is 12.4 Å². The average molecular weight is 251 g/mol. The molecule has 0 saturated carbocycles. The summed E-state index contributed by atoms with van der Waals surface area (Å²) in [5, 5.41) is 2.94. The molecule has 100 valence electrons. The highest BCUT2D eigenvalue weighted by Crippen LogP contribution is 2.13. The fourth-order valence-corrected chi connectivity index (χ4v) is 1.94. The lowest BCUT2D eigenvalue weighted by molar-refractivity contribution is 0.0920. The molecule has 0 fully saturated rings. The lowest BCUT2D eigenvalue weighted by Crippen LogP contribution is -2.38. The highest BCUT2D eigenvalue weighted by atomic mass is 16.1. The summed E-state index contributed by atoms with van der Waals surface area (Å²) in [6.07, 6.45) is 4.96. The van der Waals surface area contributed by atoms with E-state index in [9.17, 15) is 4.79 Å². The van der Waals surface area contributed by atoms with Gasteiger partial charge in [0.05, 0.1) is 12.4 Å². The molecule has 1 aromatic heterocycles. The molecule has 0 bridgehead atoms. The lowest BCUT2D eigenvalue weighted by atomic mass is 9.95. The third-order valence-corrected chi connectivity index (χ3v) is 3.13. The number of nitrogens with one attached hydrogen (secondary N) is 2. The minimum atomic E-state index is -0.223. The quantitative estimate of drug-likeness (QED) is 0.523. The Morgan fingerprint density at radius 1 is 1.39 bits per heavy atom. The minimum absolute atomic E-state index is 0.115. The molecule has 1 atom stereocenters. The van der Waals surface area contributed by atoms with Gasteiger partial charge >= 0.3 is 0 Å². The van der Waals surface area contributed by atoms with Crippen molar-refractivity contribution in [3.05, 3.63) is 18.1 Å². The summed E-state index contributed by atoms with van der Waals surface area (Å²) in [5.41, 5.74) is 2.63. The van der Waals surface area contributed by atoms with Crippen LogP contribution in [0.25, 0.3) is 0 Å². The summed E-state index contributed by atoms with van der Waals surface area (Å²) >= 11 is 0. The summed E-state index contributed by atoms with van der Waals surface area (Å²) in [6, 6.07) is 0.115. The topological polar surface area (TPSA) is 92.9 Å². The first-order chi connectivity index (χ1) is 8.62. The Labute approximate surface area is 107 Å². The highest BCUT2D eigenvalue weighted by Gasteiger charge is 2.17. The van der Waals surface area contributed by atoms with Crippen LogP contribution in [0.4, 0.5) is 5.82 Å². The number of nitrogens with zero attached hydrogens (tertiary/aromatic N) is 2. The molecule has 1 heterocycles. The van der Waals surface area contributed by atoms with E-state index in [1.54, 1.807) is 0 Å². The summed E-state index contributed by atoms with van der Waals surface area (Å²) in [6.45, 7) is 6.25. The van der Waals surface area contributed by atoms with E-state index in [4.69, 9.17) is 5.84 Å². The Balaban J connectivity index is 2.69. The van der Waals surface area contributed by atoms with E-state index in [0.29, 0.717) is 11.7 Å². The van der Waals surface area contributed by atoms with Gasteiger partial charge in [0, 0.05) is 6.04 Å². The number of hydrazine groups is 1. The van der Waals surface area contributed by atoms with Gasteiger partial charge in [0.1, 0.15) is 5.69 Å². The van der Waals surface area contributed by atoms with Crippen LogP contribution in [0.1, 0.15) is 44.1 Å². The maximum absolute atomic E-state index is 12.0. The van der Waals surface area contributed by atoms with Crippen LogP contribution in [-0.2, 0) is 0 Å². The first-order valence-electron chi connectivity index (χ1n) is 6.21. The highest BCUT2D eigenvalue weighted by molar-refractivity contribution is 5.92. The normalized spacial score (nSPS) is 12.3. The van der Waals surface area contributed by atoms with Crippen LogP contribution in [0.3, 0.4) is 0 Å². The Kier molecular flexibility index (Phi) is 5.51. The fraction of sp³-hybridized carbons (Fsp3) is 0.583. The number of hydrogen-bond acceptors (Lipinski definition) is 5. The van der Waals surface area contributed by atoms with Gasteiger partial charge < -0.3 is 10.7 Å². The zero-order valence-corrected chi connectivity index (χ0v) is 11.1. The lowest BCUT2D eigenvalue weighted by Gasteiger charge is -2.22. The summed E-state index contributed by atoms with van der Waals surface area (Å²) in [5.74, 6) is 5.85. The van der Waals surface area contributed by atoms with E-state index in [2.05, 4.69) is 34.6 Å². The second-order valence-electron chi connectivity index (χ2n) is 4.27. The molecule has 0 aliphatic heterocycles. The van der Waals surface area contributed by atoms with Crippen molar-refractivity contribution in [1.82, 2.24) is 15.3 Å². The number of nitrogen functional groups attached to an aromatic ring is 1. The predicted molar refractivity (Wildman–Crippen MR) is 70.8 cm³/mol. The predicted octanol–water partition coefficient (Wildman–Crippen LogP) is 1.32. The molecule has 0 aliphatic rings. The van der Waals surface area contributed by atoms with Gasteiger partial charge in [0.15, 0.2) is 5.82 Å². The maximum atomic E-state index is 12.0. The van der Waals surface area contributed by atoms with Crippen molar-refractivity contribution in [1.29, 1.82) is 0 Å². The molecule has 4 N–H and O–H groups in total. The Morgan fingerprint density at radius 3 is 2.61 bits per heavy atom. The van der Waals surface area contributed by atoms with Crippen LogP contribution >= 0.6 is 0 Å². The minimum Gasteiger partial charge on any atom is -0.348 e. The van der Waals surface area contributed by atoms with Crippen LogP contribution in [0.15, 0.2) is 12.4 Å². The Morgan fingerprint density at radius 2 is 2.06 bits per heavy atom. The Hall–Kier alpha value is -1.69. The number of carbonyl (C=O) groups excluding carboxylic acids is 1. The second kappa shape index (κ2) is 6.90. The number of rotatable bonds is 6. The average Bonchev–Trinajstić information content (AvgIpc) is 2.40. The molecule has 0 aliphatic carbocycles. The van der Waals surface area contributed by atoms with Gasteiger partial charge in [-0.05, 0) is 12.8 Å². The SMILES string of the molecule is CCC(CC)C(C)NC(=O)c1cncc(NN)n1. The van der Waals surface area contributed by atoms with Gasteiger partial charge in [0.2, 0.25) is 0 Å². The smallest absolute Gasteiger partial charge is 0.271 e. The molecular formula is C12H21N5O. The van der Waals surface area contributed by atoms with E-state index in [0.717, 1.165) is 12.8 Å². The first-order valence-corrected chi connectivity index (χ1v) is 6.21. The maximum Gasteiger partial charge on any atom is 0.271 e. The van der Waals surface area contributed by atoms with Gasteiger partial charge in [-0.1, -0.05) is 26.7 Å². The second-order valence-corrected chi connectivity index (χ2v) is 4.27. The van der Waals surface area contributed by atoms with Crippen LogP contribution in [0.2, 0.25) is 0 Å². The monoisotopic (exact) mass is 251 g/mol. The molecule has 0 spiro atoms. The molecule has 6 heteroatoms. The first kappa shape index (κ1) is 14.4. The number of aromatic nitrogens is 2. The van der Waals surface area contributed by atoms with Gasteiger partial charge in [-0.15, -0.1) is 0 Å². The zero-order valence-electron chi connectivity index (χ0n) is 11.1. The zero-order chi connectivity index (χ0) is 13.5. The van der Waals surface area contributed by atoms with Crippen LogP contribution in [0.5, 0.6) is 0 Å². The number of carbonyl (C=O) groups is 1. The summed E-state index contributed by atoms with van der Waals surface area (Å²) in [7, 11) is 0. The molecule has 1 rings (SSSR count). The van der Waals surface area contributed by atoms with Crippen LogP contribution in [0, 0.1) is 5.92 Å². The van der Waals surface area contributed by atoms with Crippen molar-refractivity contribution in [2.24, 2.45) is 11.8 Å². The van der Waals surface area contributed by atoms with Gasteiger partial charge in [0.25, 0.3) is 5.91 Å². The van der Waals surface area contributed by atoms with Crippen molar-refractivity contribution < 1.29 is 4.79 Å². The fourth-order valence-electron chi connectivity index (χ4n) is 1.94. The molecule has 1 amide bonds. The molecular weight excluding hydrogens is 230 g/mol. The van der Waals surface area contributed by atoms with Crippen molar-refractivity contribution in [3.8, 4) is 0 Å². The number of hydrogen-bond donors (Lipinski definition) is 3. The molecule has 1 unspecified atom stereocenters. The van der Waals surface area contributed by atoms with Crippen molar-refractivity contribution in [2.75, 3.05) is 5.43 Å². The van der Waals surface area contributed by atoms with Crippen molar-refractivity contribution >= 4 is 11.7 Å². The molecule has 18 heavy (non-hydrogen) atoms. The third-order valence-electron chi connectivity index (χ3n) is 3.13. The van der Waals surface area contributed by atoms with E-state index in [-0.39, 0.29) is 17.6 Å². The van der Waals surface area contributed by atoms with Gasteiger partial charge in [-0.2, -0.15) is 0 Å². The van der Waals surface area contributed by atoms with Crippen LogP contribution in [-0.4, -0.2) is 21.9 Å². The Bertz CT molecular complexity index is 392.